The van der Waals surface area contributed by atoms with Crippen molar-refractivity contribution in [2.24, 2.45) is 0 Å². The maximum atomic E-state index is 12.5. The summed E-state index contributed by atoms with van der Waals surface area (Å²) < 4.78 is 26.3. The van der Waals surface area contributed by atoms with E-state index in [0.29, 0.717) is 5.52 Å². The average molecular weight is 198 g/mol. The first-order chi connectivity index (χ1) is 6.69. The maximum Gasteiger partial charge on any atom is 0.177 e. The molecule has 0 aromatic carbocycles. The number of rotatable bonds is 0. The fourth-order valence-electron chi connectivity index (χ4n) is 0.914. The molecule has 76 valence electrons. The summed E-state index contributed by atoms with van der Waals surface area (Å²) in [4.78, 5) is 0. The molecule has 0 saturated carbocycles. The lowest BCUT2D eigenvalue weighted by Crippen LogP contribution is -1.91. The normalized spacial score (nSPS) is 9.71. The zero-order valence-electron chi connectivity index (χ0n) is 8.17. The molecular weight excluding hydrogens is 186 g/mol. The molecule has 0 spiro atoms. The molecule has 0 radical (unpaired) electrons. The molecule has 0 aliphatic heterocycles. The van der Waals surface area contributed by atoms with Crippen LogP contribution in [0.15, 0.2) is 24.5 Å². The molecule has 0 bridgehead atoms. The minimum atomic E-state index is -0.888. The highest BCUT2D eigenvalue weighted by atomic mass is 19.2. The Morgan fingerprint density at radius 3 is 2.57 bits per heavy atom. The number of hydrogen-bond donors (Lipinski definition) is 0. The van der Waals surface area contributed by atoms with Crippen LogP contribution in [0.1, 0.15) is 20.3 Å². The van der Waals surface area contributed by atoms with Gasteiger partial charge in [0.2, 0.25) is 0 Å². The number of hydrogen-bond acceptors (Lipinski definition) is 1. The zero-order valence-corrected chi connectivity index (χ0v) is 8.17. The van der Waals surface area contributed by atoms with Crippen molar-refractivity contribution in [1.82, 2.24) is 9.61 Å². The molecule has 0 fully saturated rings. The largest absolute Gasteiger partial charge is 0.238 e. The third-order valence-electron chi connectivity index (χ3n) is 1.44. The lowest BCUT2D eigenvalue weighted by Gasteiger charge is -1.93. The molecule has 14 heavy (non-hydrogen) atoms. The van der Waals surface area contributed by atoms with Crippen molar-refractivity contribution < 1.29 is 8.78 Å². The molecule has 0 unspecified atom stereocenters. The average Bonchev–Trinajstić information content (AvgIpc) is 2.54. The van der Waals surface area contributed by atoms with Crippen LogP contribution in [0.4, 0.5) is 8.78 Å². The van der Waals surface area contributed by atoms with Gasteiger partial charge in [-0.1, -0.05) is 20.3 Å². The van der Waals surface area contributed by atoms with Crippen molar-refractivity contribution in [2.75, 3.05) is 0 Å². The van der Waals surface area contributed by atoms with Crippen molar-refractivity contribution in [3.05, 3.63) is 36.2 Å². The number of fused-ring (bicyclic) bond motifs is 1. The predicted octanol–water partition coefficient (Wildman–Crippen LogP) is 3.03. The van der Waals surface area contributed by atoms with Crippen molar-refractivity contribution in [3.63, 3.8) is 0 Å². The van der Waals surface area contributed by atoms with Gasteiger partial charge in [-0.05, 0) is 6.07 Å². The first kappa shape index (κ1) is 10.6. The van der Waals surface area contributed by atoms with Gasteiger partial charge in [-0.2, -0.15) is 5.10 Å². The molecule has 4 heteroatoms. The predicted molar refractivity (Wildman–Crippen MR) is 51.1 cm³/mol. The lowest BCUT2D eigenvalue weighted by atomic mass is 10.4. The van der Waals surface area contributed by atoms with E-state index in [4.69, 9.17) is 0 Å². The molecule has 0 atom stereocenters. The van der Waals surface area contributed by atoms with E-state index >= 15 is 0 Å². The lowest BCUT2D eigenvalue weighted by molar-refractivity contribution is 0.501. The zero-order chi connectivity index (χ0) is 10.6. The van der Waals surface area contributed by atoms with Gasteiger partial charge in [0.15, 0.2) is 11.6 Å². The molecule has 0 aliphatic carbocycles. The topological polar surface area (TPSA) is 17.3 Å². The second-order valence-electron chi connectivity index (χ2n) is 2.88. The van der Waals surface area contributed by atoms with E-state index in [1.165, 1.54) is 17.1 Å². The Balaban J connectivity index is 0.000000293. The number of nitrogens with zero attached hydrogens (tertiary/aromatic N) is 2. The van der Waals surface area contributed by atoms with Crippen molar-refractivity contribution in [1.29, 1.82) is 0 Å². The van der Waals surface area contributed by atoms with Crippen molar-refractivity contribution in [3.8, 4) is 0 Å². The van der Waals surface area contributed by atoms with Gasteiger partial charge in [0.1, 0.15) is 0 Å². The van der Waals surface area contributed by atoms with Crippen LogP contribution in [-0.2, 0) is 0 Å². The molecule has 0 aliphatic rings. The SMILES string of the molecule is CCC.Fc1cc2ccnn2cc1F. The second kappa shape index (κ2) is 4.69. The quantitative estimate of drug-likeness (QED) is 0.636. The van der Waals surface area contributed by atoms with Crippen LogP contribution in [0, 0.1) is 11.6 Å². The Hall–Kier alpha value is -1.45. The van der Waals surface area contributed by atoms with Crippen molar-refractivity contribution >= 4 is 5.52 Å². The summed E-state index contributed by atoms with van der Waals surface area (Å²) in [6.07, 6.45) is 3.74. The van der Waals surface area contributed by atoms with Gasteiger partial charge >= 0.3 is 0 Å². The summed E-state index contributed by atoms with van der Waals surface area (Å²) in [6.45, 7) is 4.25. The number of pyridine rings is 1. The van der Waals surface area contributed by atoms with E-state index in [0.717, 1.165) is 12.3 Å². The fourth-order valence-corrected chi connectivity index (χ4v) is 0.914. The Morgan fingerprint density at radius 1 is 1.29 bits per heavy atom. The van der Waals surface area contributed by atoms with Crippen LogP contribution in [0.2, 0.25) is 0 Å². The van der Waals surface area contributed by atoms with Gasteiger partial charge in [-0.3, -0.25) is 0 Å². The van der Waals surface area contributed by atoms with Crippen LogP contribution in [0.25, 0.3) is 5.52 Å². The van der Waals surface area contributed by atoms with Crippen LogP contribution in [0.5, 0.6) is 0 Å². The van der Waals surface area contributed by atoms with Gasteiger partial charge in [0.05, 0.1) is 11.7 Å². The molecule has 2 aromatic rings. The van der Waals surface area contributed by atoms with Crippen LogP contribution < -0.4 is 0 Å². The monoisotopic (exact) mass is 198 g/mol. The Morgan fingerprint density at radius 2 is 1.93 bits per heavy atom. The second-order valence-corrected chi connectivity index (χ2v) is 2.88. The molecule has 2 nitrogen and oxygen atoms in total. The third kappa shape index (κ3) is 2.28. The van der Waals surface area contributed by atoms with E-state index in [2.05, 4.69) is 18.9 Å². The molecule has 0 N–H and O–H groups in total. The summed E-state index contributed by atoms with van der Waals surface area (Å²) in [7, 11) is 0. The van der Waals surface area contributed by atoms with Crippen LogP contribution >= 0.6 is 0 Å². The third-order valence-corrected chi connectivity index (χ3v) is 1.44. The van der Waals surface area contributed by atoms with E-state index in [1.54, 1.807) is 6.07 Å². The Bertz CT molecular complexity index is 373. The molecule has 2 rings (SSSR count). The first-order valence-electron chi connectivity index (χ1n) is 4.47. The van der Waals surface area contributed by atoms with Gasteiger partial charge in [0.25, 0.3) is 0 Å². The van der Waals surface area contributed by atoms with E-state index in [-0.39, 0.29) is 0 Å². The smallest absolute Gasteiger partial charge is 0.177 e. The summed E-state index contributed by atoms with van der Waals surface area (Å²) >= 11 is 0. The van der Waals surface area contributed by atoms with Gasteiger partial charge in [0, 0.05) is 12.3 Å². The summed E-state index contributed by atoms with van der Waals surface area (Å²) in [5.74, 6) is -1.74. The standard InChI is InChI=1S/C7H4F2N2.C3H8/c8-6-3-5-1-2-10-11(5)4-7(6)9;1-3-2/h1-4H;3H2,1-2H3. The van der Waals surface area contributed by atoms with Crippen molar-refractivity contribution in [2.45, 2.75) is 20.3 Å². The molecule has 0 saturated heterocycles. The maximum absolute atomic E-state index is 12.5. The van der Waals surface area contributed by atoms with Gasteiger partial charge in [-0.15, -0.1) is 0 Å². The minimum Gasteiger partial charge on any atom is -0.238 e. The number of halogens is 2. The Kier molecular flexibility index (Phi) is 3.56. The summed E-state index contributed by atoms with van der Waals surface area (Å²) in [6, 6.07) is 2.70. The highest BCUT2D eigenvalue weighted by molar-refractivity contribution is 5.45. The highest BCUT2D eigenvalue weighted by Crippen LogP contribution is 2.08. The molecule has 0 amide bonds. The summed E-state index contributed by atoms with van der Waals surface area (Å²) in [5.41, 5.74) is 0.545. The number of aromatic nitrogens is 2. The first-order valence-corrected chi connectivity index (χ1v) is 4.47. The van der Waals surface area contributed by atoms with E-state index in [9.17, 15) is 8.78 Å². The summed E-state index contributed by atoms with van der Waals surface area (Å²) in [5, 5.41) is 3.73. The fraction of sp³-hybridized carbons (Fsp3) is 0.300. The van der Waals surface area contributed by atoms with Crippen LogP contribution in [0.3, 0.4) is 0 Å². The van der Waals surface area contributed by atoms with E-state index in [1.807, 2.05) is 0 Å². The highest BCUT2D eigenvalue weighted by Gasteiger charge is 2.02. The van der Waals surface area contributed by atoms with Gasteiger partial charge in [-0.25, -0.2) is 13.3 Å². The Labute approximate surface area is 81.2 Å². The van der Waals surface area contributed by atoms with Crippen LogP contribution in [-0.4, -0.2) is 9.61 Å². The molecule has 2 aromatic heterocycles. The van der Waals surface area contributed by atoms with E-state index < -0.39 is 11.6 Å². The van der Waals surface area contributed by atoms with Gasteiger partial charge < -0.3 is 0 Å². The minimum absolute atomic E-state index is 0.545. The molecule has 2 heterocycles. The molecular formula is C10H12F2N2.